The van der Waals surface area contributed by atoms with E-state index in [1.165, 1.54) is 23.1 Å². The summed E-state index contributed by atoms with van der Waals surface area (Å²) in [6.45, 7) is 9.45. The second-order valence-corrected chi connectivity index (χ2v) is 19.6. The lowest BCUT2D eigenvalue weighted by molar-refractivity contribution is -0.144. The third-order valence-corrected chi connectivity index (χ3v) is 14.1. The quantitative estimate of drug-likeness (QED) is 0.115. The number of likely N-dealkylation sites (tertiary alicyclic amines) is 1. The van der Waals surface area contributed by atoms with Gasteiger partial charge in [-0.2, -0.15) is 23.4 Å². The van der Waals surface area contributed by atoms with Crippen LogP contribution in [-0.2, 0) is 37.0 Å². The molecule has 2 aromatic heterocycles. The summed E-state index contributed by atoms with van der Waals surface area (Å²) in [5.74, 6) is -2.77. The number of allylic oxidation sites excluding steroid dienone is 1. The van der Waals surface area contributed by atoms with Crippen molar-refractivity contribution in [3.05, 3.63) is 102 Å². The summed E-state index contributed by atoms with van der Waals surface area (Å²) in [4.78, 5) is 54.2. The third-order valence-electron chi connectivity index (χ3n) is 12.3. The first-order valence-corrected chi connectivity index (χ1v) is 21.9. The fourth-order valence-electron chi connectivity index (χ4n) is 8.45. The van der Waals surface area contributed by atoms with Crippen molar-refractivity contribution in [1.29, 1.82) is 5.26 Å². The molecule has 3 aliphatic rings. The number of furan rings is 1. The number of halogens is 3. The number of benzene rings is 3. The highest BCUT2D eigenvalue weighted by Crippen LogP contribution is 2.57. The van der Waals surface area contributed by atoms with Crippen LogP contribution in [0.3, 0.4) is 0 Å². The zero-order chi connectivity index (χ0) is 44.4. The van der Waals surface area contributed by atoms with E-state index in [0.717, 1.165) is 17.7 Å². The maximum atomic E-state index is 15.0. The van der Waals surface area contributed by atoms with E-state index in [0.29, 0.717) is 34.9 Å². The number of nitriles is 1. The van der Waals surface area contributed by atoms with Crippen molar-refractivity contribution in [2.75, 3.05) is 6.54 Å². The number of nitrogens with zero attached hydrogens (tertiary/aromatic N) is 4. The standard InChI is InChI=1S/C46H44F3N5O7S/c1-5-29-22-45(29,43(57)53-62(58,59)32-17-18-32)23-36(55)35-21-31(25-54(35)42(56)34(44(2,3)4)20-26-9-8-10-27(19-26)24-50)60-41-39-38(33-11-6-7-12-37(33)61-39)51-40(52-41)28-13-15-30(16-14-28)46(47,48)49/h5-16,19,29,31-32,34-35H,1,17-18,20-23,25H2,2-4H3,(H,53,57)/t29-,31-,34-,35+,45-/m1/s1. The molecule has 322 valence electrons. The van der Waals surface area contributed by atoms with Gasteiger partial charge >= 0.3 is 6.18 Å². The number of ether oxygens (including phenoxy) is 1. The highest BCUT2D eigenvalue weighted by molar-refractivity contribution is 7.90. The van der Waals surface area contributed by atoms with E-state index in [1.807, 2.05) is 26.8 Å². The molecule has 12 nitrogen and oxygen atoms in total. The number of hydrogen-bond acceptors (Lipinski definition) is 10. The molecule has 8 rings (SSSR count). The molecule has 0 unspecified atom stereocenters. The topological polar surface area (TPSA) is 173 Å². The summed E-state index contributed by atoms with van der Waals surface area (Å²) < 4.78 is 81.1. The van der Waals surface area contributed by atoms with Crippen LogP contribution >= 0.6 is 0 Å². The predicted octanol–water partition coefficient (Wildman–Crippen LogP) is 7.95. The molecule has 3 aromatic carbocycles. The molecule has 5 aromatic rings. The first-order chi connectivity index (χ1) is 29.3. The number of rotatable bonds is 13. The van der Waals surface area contributed by atoms with E-state index >= 15 is 0 Å². The first kappa shape index (κ1) is 42.6. The van der Waals surface area contributed by atoms with E-state index in [2.05, 4.69) is 27.3 Å². The van der Waals surface area contributed by atoms with E-state index in [-0.39, 0.29) is 61.0 Å². The molecule has 3 fully saturated rings. The van der Waals surface area contributed by atoms with E-state index in [9.17, 15) is 41.2 Å². The van der Waals surface area contributed by atoms with Gasteiger partial charge in [-0.05, 0) is 79.0 Å². The van der Waals surface area contributed by atoms with Crippen LogP contribution in [0.15, 0.2) is 89.9 Å². The zero-order valence-corrected chi connectivity index (χ0v) is 35.1. The Hall–Kier alpha value is -6.08. The van der Waals surface area contributed by atoms with Crippen LogP contribution in [0.5, 0.6) is 5.88 Å². The largest absolute Gasteiger partial charge is 0.470 e. The lowest BCUT2D eigenvalue weighted by atomic mass is 9.76. The molecule has 3 heterocycles. The molecule has 5 atom stereocenters. The monoisotopic (exact) mass is 867 g/mol. The number of ketones is 1. The SMILES string of the molecule is C=C[C@@H]1C[C@]1(CC(=O)[C@@H]1C[C@@H](Oc2nc(-c3ccc(C(F)(F)F)cc3)nc3c2oc2ccccc23)CN1C(=O)[C@@H](Cc1cccc(C#N)c1)C(C)(C)C)C(=O)NS(=O)(=O)C1CC1. The molecule has 62 heavy (non-hydrogen) atoms. The molecule has 0 spiro atoms. The van der Waals surface area contributed by atoms with Crippen molar-refractivity contribution in [2.45, 2.75) is 82.9 Å². The van der Waals surface area contributed by atoms with Gasteiger partial charge in [-0.25, -0.2) is 13.4 Å². The summed E-state index contributed by atoms with van der Waals surface area (Å²) in [5.41, 5.74) is -0.481. The van der Waals surface area contributed by atoms with Gasteiger partial charge < -0.3 is 14.1 Å². The summed E-state index contributed by atoms with van der Waals surface area (Å²) in [6.07, 6.45) is -2.98. The van der Waals surface area contributed by atoms with Crippen LogP contribution in [0.25, 0.3) is 33.5 Å². The molecule has 16 heteroatoms. The number of para-hydroxylation sites is 1. The lowest BCUT2D eigenvalue weighted by Crippen LogP contribution is -2.48. The highest BCUT2D eigenvalue weighted by Gasteiger charge is 2.61. The lowest BCUT2D eigenvalue weighted by Gasteiger charge is -2.35. The Bertz CT molecular complexity index is 2770. The van der Waals surface area contributed by atoms with Gasteiger partial charge in [0, 0.05) is 29.7 Å². The Labute approximate surface area is 356 Å². The Morgan fingerprint density at radius 2 is 1.79 bits per heavy atom. The number of hydrogen-bond donors (Lipinski definition) is 1. The number of sulfonamides is 1. The van der Waals surface area contributed by atoms with Gasteiger partial charge in [0.25, 0.3) is 5.88 Å². The van der Waals surface area contributed by atoms with Crippen LogP contribution in [0.4, 0.5) is 13.2 Å². The third kappa shape index (κ3) is 8.30. The van der Waals surface area contributed by atoms with E-state index in [4.69, 9.17) is 9.15 Å². The van der Waals surface area contributed by atoms with Crippen LogP contribution in [0.2, 0.25) is 0 Å². The van der Waals surface area contributed by atoms with Gasteiger partial charge in [-0.3, -0.25) is 19.1 Å². The highest BCUT2D eigenvalue weighted by atomic mass is 32.2. The van der Waals surface area contributed by atoms with Crippen molar-refractivity contribution >= 4 is 49.7 Å². The number of aromatic nitrogens is 2. The zero-order valence-electron chi connectivity index (χ0n) is 34.2. The number of alkyl halides is 3. The summed E-state index contributed by atoms with van der Waals surface area (Å²) >= 11 is 0. The van der Waals surface area contributed by atoms with Crippen molar-refractivity contribution < 1.29 is 45.1 Å². The summed E-state index contributed by atoms with van der Waals surface area (Å²) in [7, 11) is -3.93. The minimum atomic E-state index is -4.56. The van der Waals surface area contributed by atoms with Gasteiger partial charge in [0.2, 0.25) is 27.4 Å². The molecule has 2 aliphatic carbocycles. The van der Waals surface area contributed by atoms with Crippen molar-refractivity contribution in [3.8, 4) is 23.3 Å². The van der Waals surface area contributed by atoms with Gasteiger partial charge in [0.15, 0.2) is 11.6 Å². The first-order valence-electron chi connectivity index (χ1n) is 20.4. The van der Waals surface area contributed by atoms with Crippen molar-refractivity contribution in [3.63, 3.8) is 0 Å². The second kappa shape index (κ2) is 15.7. The Balaban J connectivity index is 1.16. The molecule has 0 radical (unpaired) electrons. The smallest absolute Gasteiger partial charge is 0.416 e. The minimum Gasteiger partial charge on any atom is -0.470 e. The van der Waals surface area contributed by atoms with Crippen molar-refractivity contribution in [1.82, 2.24) is 19.6 Å². The predicted molar refractivity (Wildman–Crippen MR) is 223 cm³/mol. The van der Waals surface area contributed by atoms with Gasteiger partial charge in [0.05, 0.1) is 40.4 Å². The van der Waals surface area contributed by atoms with E-state index < -0.39 is 73.5 Å². The van der Waals surface area contributed by atoms with Crippen LogP contribution in [0.1, 0.15) is 69.6 Å². The fraction of sp³-hybridized carbons (Fsp3) is 0.391. The van der Waals surface area contributed by atoms with Crippen LogP contribution < -0.4 is 9.46 Å². The molecule has 2 saturated carbocycles. The van der Waals surface area contributed by atoms with Gasteiger partial charge in [0.1, 0.15) is 17.2 Å². The molecule has 1 saturated heterocycles. The van der Waals surface area contributed by atoms with Crippen LogP contribution in [-0.4, -0.2) is 64.8 Å². The molecular weight excluding hydrogens is 824 g/mol. The normalized spacial score (nSPS) is 22.0. The number of fused-ring (bicyclic) bond motifs is 3. The second-order valence-electron chi connectivity index (χ2n) is 17.6. The number of carbonyl (C=O) groups excluding carboxylic acids is 3. The summed E-state index contributed by atoms with van der Waals surface area (Å²) in [6, 6.07) is 19.4. The number of Topliss-reactive ketones (excluding diaryl/α,β-unsaturated/α-hetero) is 1. The average molecular weight is 868 g/mol. The Morgan fingerprint density at radius 3 is 2.44 bits per heavy atom. The fourth-order valence-corrected chi connectivity index (χ4v) is 9.83. The average Bonchev–Trinajstić information content (AvgIpc) is 4.14. The van der Waals surface area contributed by atoms with Gasteiger partial charge in [-0.15, -0.1) is 6.58 Å². The summed E-state index contributed by atoms with van der Waals surface area (Å²) in [5, 5.41) is 9.51. The molecular formula is C46H44F3N5O7S. The van der Waals surface area contributed by atoms with Crippen LogP contribution in [0, 0.1) is 34.0 Å². The molecule has 0 bridgehead atoms. The molecule has 2 amide bonds. The van der Waals surface area contributed by atoms with E-state index in [1.54, 1.807) is 42.5 Å². The minimum absolute atomic E-state index is 0.0382. The molecule has 1 aliphatic heterocycles. The maximum absolute atomic E-state index is 15.0. The maximum Gasteiger partial charge on any atom is 0.416 e. The van der Waals surface area contributed by atoms with Gasteiger partial charge in [-0.1, -0.05) is 63.2 Å². The van der Waals surface area contributed by atoms with Crippen molar-refractivity contribution in [2.24, 2.45) is 22.7 Å². The Kier molecular flexibility index (Phi) is 10.8. The number of amides is 2. The number of carbonyl (C=O) groups is 3. The molecule has 1 N–H and O–H groups in total. The Morgan fingerprint density at radius 1 is 1.06 bits per heavy atom. The number of nitrogens with one attached hydrogen (secondary N) is 1.